The third kappa shape index (κ3) is 10.6. The van der Waals surface area contributed by atoms with Gasteiger partial charge in [0, 0.05) is 0 Å². The molecule has 1 aromatic heterocycles. The van der Waals surface area contributed by atoms with Gasteiger partial charge in [0.25, 0.3) is 0 Å². The first-order valence-corrected chi connectivity index (χ1v) is 21.5. The Morgan fingerprint density at radius 1 is 0.800 bits per heavy atom. The second kappa shape index (κ2) is 8.76. The summed E-state index contributed by atoms with van der Waals surface area (Å²) < 4.78 is 21.9. The highest BCUT2D eigenvalue weighted by molar-refractivity contribution is 6.89. The summed E-state index contributed by atoms with van der Waals surface area (Å²) in [5, 5.41) is 0. The van der Waals surface area contributed by atoms with Crippen LogP contribution >= 0.6 is 0 Å². The van der Waals surface area contributed by atoms with Gasteiger partial charge in [-0.3, -0.25) is 4.98 Å². The molecule has 1 aromatic rings. The minimum Gasteiger partial charge on any atom is -0.437 e. The number of hydrogen-bond donors (Lipinski definition) is 1. The number of hydrogen-bond acceptors (Lipinski definition) is 3. The summed E-state index contributed by atoms with van der Waals surface area (Å²) in [4.78, 5) is 3.09. The van der Waals surface area contributed by atoms with E-state index >= 15 is 0 Å². The zero-order chi connectivity index (χ0) is 19.4. The molecule has 1 atom stereocenters. The molecule has 1 N–H and O–H groups in total. The first-order chi connectivity index (χ1) is 11.2. The summed E-state index contributed by atoms with van der Waals surface area (Å²) >= 11 is 0. The van der Waals surface area contributed by atoms with Crippen LogP contribution < -0.4 is 4.57 Å². The molecule has 0 amide bonds. The van der Waals surface area contributed by atoms with Crippen molar-refractivity contribution in [1.82, 2.24) is 4.98 Å². The molecule has 0 aliphatic heterocycles. The smallest absolute Gasteiger partial charge is 0.315 e. The van der Waals surface area contributed by atoms with E-state index in [0.717, 1.165) is 25.4 Å². The molecule has 0 fully saturated rings. The highest BCUT2D eigenvalue weighted by Crippen LogP contribution is 2.28. The zero-order valence-electron chi connectivity index (χ0n) is 17.7. The van der Waals surface area contributed by atoms with Crippen LogP contribution in [0.3, 0.4) is 0 Å². The molecule has 9 heteroatoms. The van der Waals surface area contributed by atoms with Crippen LogP contribution in [0.2, 0.25) is 65.0 Å². The molecule has 0 spiro atoms. The Hall–Kier alpha value is -0.0425. The van der Waals surface area contributed by atoms with Gasteiger partial charge in [-0.05, 0) is 77.8 Å². The van der Waals surface area contributed by atoms with Gasteiger partial charge in [0.1, 0.15) is 12.4 Å². The van der Waals surface area contributed by atoms with Crippen LogP contribution in [0.5, 0.6) is 0 Å². The number of unbranched alkanes of at least 4 members (excludes halogenated alkanes) is 1. The fraction of sp³-hybridized carbons (Fsp3) is 0.812. The van der Waals surface area contributed by atoms with Crippen molar-refractivity contribution in [3.8, 4) is 0 Å². The maximum atomic E-state index is 6.70. The molecule has 0 aromatic carbocycles. The third-order valence-electron chi connectivity index (χ3n) is 3.44. The average molecular weight is 420 g/mol. The number of H-pyrrole nitrogens is 1. The van der Waals surface area contributed by atoms with E-state index in [4.69, 9.17) is 12.3 Å². The standard InChI is InChI=1S/C16H38N2O3Si4/c1-22(2,3)19-24(7,8)21-25(9,20-23(4,5)6)15-11-10-13-18-14-12-17-16-18/h12,14,16H,10-11,13,15H2,1-9H3/p+1. The number of aromatic nitrogens is 2. The number of nitrogens with one attached hydrogen (secondary N) is 1. The summed E-state index contributed by atoms with van der Waals surface area (Å²) in [6.07, 6.45) is 8.30. The summed E-state index contributed by atoms with van der Waals surface area (Å²) in [5.41, 5.74) is 0. The van der Waals surface area contributed by atoms with Gasteiger partial charge in [-0.15, -0.1) is 0 Å². The van der Waals surface area contributed by atoms with E-state index in [9.17, 15) is 0 Å². The number of aromatic amines is 1. The molecule has 5 nitrogen and oxygen atoms in total. The Morgan fingerprint density at radius 3 is 1.88 bits per heavy atom. The zero-order valence-corrected chi connectivity index (χ0v) is 21.7. The predicted octanol–water partition coefficient (Wildman–Crippen LogP) is 4.58. The van der Waals surface area contributed by atoms with E-state index in [0.29, 0.717) is 0 Å². The first-order valence-electron chi connectivity index (χ1n) is 9.32. The van der Waals surface area contributed by atoms with Gasteiger partial charge < -0.3 is 12.3 Å². The Kier molecular flexibility index (Phi) is 8.06. The second-order valence-electron chi connectivity index (χ2n) is 9.37. The molecule has 0 radical (unpaired) electrons. The average Bonchev–Trinajstić information content (AvgIpc) is 2.80. The van der Waals surface area contributed by atoms with Crippen molar-refractivity contribution in [3.05, 3.63) is 18.7 Å². The fourth-order valence-electron chi connectivity index (χ4n) is 3.25. The summed E-state index contributed by atoms with van der Waals surface area (Å²) in [7, 11) is -7.69. The summed E-state index contributed by atoms with van der Waals surface area (Å²) in [6, 6.07) is 1.04. The fourth-order valence-corrected chi connectivity index (χ4v) is 21.3. The van der Waals surface area contributed by atoms with Gasteiger partial charge in [-0.25, -0.2) is 4.57 Å². The Morgan fingerprint density at radius 2 is 1.40 bits per heavy atom. The van der Waals surface area contributed by atoms with Crippen LogP contribution in [-0.2, 0) is 18.9 Å². The molecular formula is C16H39N2O3Si4+. The normalized spacial score (nSPS) is 16.0. The number of rotatable bonds is 11. The van der Waals surface area contributed by atoms with E-state index in [1.165, 1.54) is 0 Å². The molecule has 0 saturated heterocycles. The van der Waals surface area contributed by atoms with Gasteiger partial charge in [-0.1, -0.05) is 0 Å². The van der Waals surface area contributed by atoms with E-state index < -0.39 is 33.8 Å². The van der Waals surface area contributed by atoms with Crippen molar-refractivity contribution in [2.45, 2.75) is 84.4 Å². The highest BCUT2D eigenvalue weighted by Gasteiger charge is 2.44. The lowest BCUT2D eigenvalue weighted by Gasteiger charge is -2.41. The Labute approximate surface area is 158 Å². The summed E-state index contributed by atoms with van der Waals surface area (Å²) in [5.74, 6) is 0. The lowest BCUT2D eigenvalue weighted by molar-refractivity contribution is -0.696. The minimum absolute atomic E-state index is 1.03. The number of imidazole rings is 1. The van der Waals surface area contributed by atoms with E-state index in [-0.39, 0.29) is 0 Å². The van der Waals surface area contributed by atoms with Crippen LogP contribution in [0.1, 0.15) is 12.8 Å². The SMILES string of the molecule is C[Si](C)(C)O[Si](C)(C)O[Si](C)(CCCC[n+]1cc[nH]c1)O[Si](C)(C)C. The van der Waals surface area contributed by atoms with Crippen molar-refractivity contribution >= 4 is 33.8 Å². The first kappa shape index (κ1) is 23.0. The molecular weight excluding hydrogens is 381 g/mol. The van der Waals surface area contributed by atoms with Crippen LogP contribution in [0.25, 0.3) is 0 Å². The van der Waals surface area contributed by atoms with Crippen LogP contribution in [-0.4, -0.2) is 38.7 Å². The van der Waals surface area contributed by atoms with Gasteiger partial charge in [0.05, 0.1) is 6.54 Å². The van der Waals surface area contributed by atoms with Crippen LogP contribution in [0.15, 0.2) is 18.7 Å². The van der Waals surface area contributed by atoms with Crippen molar-refractivity contribution < 1.29 is 16.9 Å². The topological polar surface area (TPSA) is 47.4 Å². The second-order valence-corrected chi connectivity index (χ2v) is 25.8. The van der Waals surface area contributed by atoms with Gasteiger partial charge >= 0.3 is 17.1 Å². The molecule has 0 bridgehead atoms. The van der Waals surface area contributed by atoms with Gasteiger partial charge in [0.2, 0.25) is 6.33 Å². The quantitative estimate of drug-likeness (QED) is 0.324. The lowest BCUT2D eigenvalue weighted by atomic mass is 10.3. The molecule has 0 saturated carbocycles. The van der Waals surface area contributed by atoms with E-state index in [1.54, 1.807) is 0 Å². The summed E-state index contributed by atoms with van der Waals surface area (Å²) in [6.45, 7) is 21.1. The minimum atomic E-state index is -2.24. The van der Waals surface area contributed by atoms with Crippen LogP contribution in [0.4, 0.5) is 0 Å². The third-order valence-corrected chi connectivity index (χ3v) is 17.0. The monoisotopic (exact) mass is 419 g/mol. The molecule has 25 heavy (non-hydrogen) atoms. The van der Waals surface area contributed by atoms with Gasteiger partial charge in [-0.2, -0.15) is 0 Å². The Balaban J connectivity index is 2.68. The predicted molar refractivity (Wildman–Crippen MR) is 114 cm³/mol. The largest absolute Gasteiger partial charge is 0.437 e. The number of nitrogens with zero attached hydrogens (tertiary/aromatic N) is 1. The van der Waals surface area contributed by atoms with E-state index in [2.05, 4.69) is 74.7 Å². The molecule has 146 valence electrons. The van der Waals surface area contributed by atoms with Crippen LogP contribution in [0, 0.1) is 0 Å². The van der Waals surface area contributed by atoms with Crippen molar-refractivity contribution in [2.75, 3.05) is 0 Å². The van der Waals surface area contributed by atoms with E-state index in [1.807, 2.05) is 12.5 Å². The molecule has 0 aliphatic rings. The Bertz CT molecular complexity index is 512. The molecule has 1 unspecified atom stereocenters. The molecule has 0 aliphatic carbocycles. The molecule has 1 heterocycles. The maximum absolute atomic E-state index is 6.70. The van der Waals surface area contributed by atoms with Crippen molar-refractivity contribution in [1.29, 1.82) is 0 Å². The highest BCUT2D eigenvalue weighted by atomic mass is 28.5. The lowest BCUT2D eigenvalue weighted by Crippen LogP contribution is -2.56. The maximum Gasteiger partial charge on any atom is 0.315 e. The molecule has 1 rings (SSSR count). The van der Waals surface area contributed by atoms with Crippen molar-refractivity contribution in [2.24, 2.45) is 0 Å². The van der Waals surface area contributed by atoms with Gasteiger partial charge in [0.15, 0.2) is 16.6 Å². The van der Waals surface area contributed by atoms with Crippen molar-refractivity contribution in [3.63, 3.8) is 0 Å². The number of aryl methyl sites for hydroxylation is 1.